The summed E-state index contributed by atoms with van der Waals surface area (Å²) >= 11 is 0. The highest BCUT2D eigenvalue weighted by Crippen LogP contribution is 2.38. The second-order valence-corrected chi connectivity index (χ2v) is 3.92. The molecule has 4 heteroatoms. The van der Waals surface area contributed by atoms with Crippen molar-refractivity contribution in [3.8, 4) is 0 Å². The van der Waals surface area contributed by atoms with Gasteiger partial charge in [0.05, 0.1) is 16.0 Å². The van der Waals surface area contributed by atoms with Crippen molar-refractivity contribution in [2.24, 2.45) is 0 Å². The molecule has 0 aromatic carbocycles. The van der Waals surface area contributed by atoms with Gasteiger partial charge in [0.15, 0.2) is 0 Å². The molecule has 72 valence electrons. The van der Waals surface area contributed by atoms with Crippen LogP contribution in [0.25, 0.3) is 0 Å². The fourth-order valence-electron chi connectivity index (χ4n) is 2.30. The van der Waals surface area contributed by atoms with Crippen molar-refractivity contribution in [3.05, 3.63) is 40.6 Å². The zero-order chi connectivity index (χ0) is 9.60. The molecule has 0 fully saturated rings. The van der Waals surface area contributed by atoms with Crippen LogP contribution < -0.4 is 10.7 Å². The fourth-order valence-corrected chi connectivity index (χ4v) is 2.30. The molecule has 0 aromatic rings. The minimum Gasteiger partial charge on any atom is -0.378 e. The van der Waals surface area contributed by atoms with Crippen LogP contribution in [0.2, 0.25) is 0 Å². The second-order valence-electron chi connectivity index (χ2n) is 3.92. The highest BCUT2D eigenvalue weighted by molar-refractivity contribution is 5.49. The molecule has 0 radical (unpaired) electrons. The lowest BCUT2D eigenvalue weighted by molar-refractivity contribution is -0.545. The second kappa shape index (κ2) is 2.47. The van der Waals surface area contributed by atoms with Crippen molar-refractivity contribution >= 4 is 0 Å². The molecular weight excluding hydrogens is 178 g/mol. The Morgan fingerprint density at radius 2 is 2.36 bits per heavy atom. The number of rotatable bonds is 0. The summed E-state index contributed by atoms with van der Waals surface area (Å²) in [6.07, 6.45) is 10.1. The van der Waals surface area contributed by atoms with Gasteiger partial charge >= 0.3 is 0 Å². The van der Waals surface area contributed by atoms with Crippen LogP contribution in [0.15, 0.2) is 35.7 Å². The molecule has 0 saturated heterocycles. The van der Waals surface area contributed by atoms with E-state index in [2.05, 4.69) is 22.9 Å². The van der Waals surface area contributed by atoms with E-state index in [1.54, 1.807) is 6.20 Å². The molecule has 14 heavy (non-hydrogen) atoms. The molecule has 1 atom stereocenters. The first-order chi connectivity index (χ1) is 6.80. The van der Waals surface area contributed by atoms with E-state index in [4.69, 9.17) is 0 Å². The smallest absolute Gasteiger partial charge is 0.263 e. The first-order valence-corrected chi connectivity index (χ1v) is 4.87. The minimum atomic E-state index is -0.0468. The van der Waals surface area contributed by atoms with Crippen molar-refractivity contribution in [1.29, 1.82) is 0 Å². The van der Waals surface area contributed by atoms with Crippen molar-refractivity contribution in [3.63, 3.8) is 0 Å². The monoisotopic (exact) mass is 190 g/mol. The minimum absolute atomic E-state index is 0.0468. The predicted octanol–water partition coefficient (Wildman–Crippen LogP) is 0.743. The maximum Gasteiger partial charge on any atom is 0.263 e. The van der Waals surface area contributed by atoms with E-state index < -0.39 is 0 Å². The predicted molar refractivity (Wildman–Crippen MR) is 52.0 cm³/mol. The van der Waals surface area contributed by atoms with Gasteiger partial charge in [-0.15, -0.1) is 5.43 Å². The molecular formula is C10H12N3O+. The number of fused-ring (bicyclic) bond motifs is 2. The zero-order valence-electron chi connectivity index (χ0n) is 7.79. The molecule has 2 N–H and O–H groups in total. The van der Waals surface area contributed by atoms with Gasteiger partial charge in [0, 0.05) is 0 Å². The Labute approximate surface area is 81.9 Å². The van der Waals surface area contributed by atoms with Crippen LogP contribution in [0.4, 0.5) is 0 Å². The third-order valence-electron chi connectivity index (χ3n) is 3.14. The summed E-state index contributed by atoms with van der Waals surface area (Å²) in [5.41, 5.74) is 5.08. The third-order valence-corrected chi connectivity index (χ3v) is 3.14. The van der Waals surface area contributed by atoms with Gasteiger partial charge in [-0.3, -0.25) is 0 Å². The van der Waals surface area contributed by atoms with E-state index in [1.807, 2.05) is 6.20 Å². The summed E-state index contributed by atoms with van der Waals surface area (Å²) in [5.74, 6) is 0. The Morgan fingerprint density at radius 1 is 1.50 bits per heavy atom. The van der Waals surface area contributed by atoms with Crippen LogP contribution in [0.3, 0.4) is 0 Å². The summed E-state index contributed by atoms with van der Waals surface area (Å²) in [4.78, 5) is 12.0. The van der Waals surface area contributed by atoms with Crippen molar-refractivity contribution in [2.45, 2.75) is 18.4 Å². The molecule has 1 aliphatic carbocycles. The van der Waals surface area contributed by atoms with Gasteiger partial charge in [0.25, 0.3) is 6.20 Å². The molecule has 0 aromatic heterocycles. The average Bonchev–Trinajstić information content (AvgIpc) is 2.14. The largest absolute Gasteiger partial charge is 0.378 e. The Bertz CT molecular complexity index is 394. The van der Waals surface area contributed by atoms with Crippen LogP contribution in [0.5, 0.6) is 0 Å². The Balaban J connectivity index is 2.09. The molecule has 3 rings (SSSR count). The lowest BCUT2D eigenvalue weighted by atomic mass is 9.74. The summed E-state index contributed by atoms with van der Waals surface area (Å²) in [5, 5.41) is 3.30. The normalized spacial score (nSPS) is 33.6. The molecule has 0 amide bonds. The Hall–Kier alpha value is -1.58. The summed E-state index contributed by atoms with van der Waals surface area (Å²) in [6.45, 7) is 0.645. The molecule has 1 unspecified atom stereocenters. The highest BCUT2D eigenvalue weighted by atomic mass is 16.3. The van der Waals surface area contributed by atoms with E-state index >= 15 is 0 Å². The molecule has 4 nitrogen and oxygen atoms in total. The van der Waals surface area contributed by atoms with E-state index in [0.29, 0.717) is 6.54 Å². The van der Waals surface area contributed by atoms with E-state index in [0.717, 1.165) is 23.3 Å². The summed E-state index contributed by atoms with van der Waals surface area (Å²) in [7, 11) is 0. The SMILES string of the molecule is O=[N+]1C=C2C(=CCCC23C=CN3)CN1. The standard InChI is InChI=1S/C10H12N3O/c14-13-7-9-8(6-12-13)2-1-3-10(9)4-5-11-10/h2,4-5,7,11H,1,3,6H2,(H,12,14)/q+1. The average molecular weight is 190 g/mol. The molecule has 2 heterocycles. The maximum absolute atomic E-state index is 11.2. The van der Waals surface area contributed by atoms with Crippen LogP contribution in [0.1, 0.15) is 12.8 Å². The molecule has 0 saturated carbocycles. The number of nitroso groups, excluding NO2 is 1. The van der Waals surface area contributed by atoms with E-state index in [1.165, 1.54) is 5.57 Å². The van der Waals surface area contributed by atoms with Gasteiger partial charge in [0.1, 0.15) is 11.4 Å². The zero-order valence-corrected chi connectivity index (χ0v) is 7.79. The fraction of sp³-hybridized carbons (Fsp3) is 0.400. The number of hydrogen-bond acceptors (Lipinski definition) is 2. The topological polar surface area (TPSA) is 44.1 Å². The van der Waals surface area contributed by atoms with Crippen LogP contribution >= 0.6 is 0 Å². The first kappa shape index (κ1) is 7.79. The van der Waals surface area contributed by atoms with Gasteiger partial charge in [0.2, 0.25) is 0 Å². The van der Waals surface area contributed by atoms with Crippen LogP contribution in [-0.4, -0.2) is 17.0 Å². The van der Waals surface area contributed by atoms with Crippen molar-refractivity contribution in [1.82, 2.24) is 10.7 Å². The molecule has 1 spiro atoms. The quantitative estimate of drug-likeness (QED) is 0.554. The Morgan fingerprint density at radius 3 is 3.07 bits per heavy atom. The summed E-state index contributed by atoms with van der Waals surface area (Å²) in [6, 6.07) is 0. The van der Waals surface area contributed by atoms with E-state index in [-0.39, 0.29) is 5.54 Å². The third kappa shape index (κ3) is 0.880. The first-order valence-electron chi connectivity index (χ1n) is 4.87. The molecule has 3 aliphatic rings. The Kier molecular flexibility index (Phi) is 1.37. The number of hydrogen-bond donors (Lipinski definition) is 2. The van der Waals surface area contributed by atoms with Crippen molar-refractivity contribution in [2.75, 3.05) is 6.54 Å². The number of hydrazine groups is 1. The van der Waals surface area contributed by atoms with E-state index in [9.17, 15) is 4.91 Å². The van der Waals surface area contributed by atoms with Gasteiger partial charge < -0.3 is 5.32 Å². The lowest BCUT2D eigenvalue weighted by Crippen LogP contribution is -2.52. The summed E-state index contributed by atoms with van der Waals surface area (Å²) < 4.78 is 0. The van der Waals surface area contributed by atoms with Gasteiger partial charge in [-0.1, -0.05) is 6.08 Å². The maximum atomic E-state index is 11.2. The van der Waals surface area contributed by atoms with Crippen molar-refractivity contribution < 1.29 is 4.87 Å². The van der Waals surface area contributed by atoms with Crippen LogP contribution in [0, 0.1) is 4.91 Å². The number of nitrogens with zero attached hydrogens (tertiary/aromatic N) is 1. The van der Waals surface area contributed by atoms with Gasteiger partial charge in [-0.05, 0) is 30.7 Å². The van der Waals surface area contributed by atoms with Gasteiger partial charge in [-0.2, -0.15) is 0 Å². The molecule has 2 aliphatic heterocycles. The lowest BCUT2D eigenvalue weighted by Gasteiger charge is -2.42. The van der Waals surface area contributed by atoms with Gasteiger partial charge in [-0.25, -0.2) is 0 Å². The number of allylic oxidation sites excluding steroid dienone is 1. The highest BCUT2D eigenvalue weighted by Gasteiger charge is 2.42. The molecule has 0 bridgehead atoms. The number of nitrogens with one attached hydrogen (secondary N) is 2. The van der Waals surface area contributed by atoms with Crippen LogP contribution in [-0.2, 0) is 0 Å².